The van der Waals surface area contributed by atoms with Gasteiger partial charge in [-0.25, -0.2) is 4.98 Å². The van der Waals surface area contributed by atoms with Crippen molar-refractivity contribution in [1.29, 1.82) is 0 Å². The monoisotopic (exact) mass is 259 g/mol. The second kappa shape index (κ2) is 3.87. The maximum atomic E-state index is 6.44. The van der Waals surface area contributed by atoms with E-state index in [2.05, 4.69) is 9.97 Å². The lowest BCUT2D eigenvalue weighted by molar-refractivity contribution is 0.172. The highest BCUT2D eigenvalue weighted by Crippen LogP contribution is 2.38. The number of rotatable bonds is 1. The molecular weight excluding hydrogens is 242 g/mol. The van der Waals surface area contributed by atoms with Crippen LogP contribution in [0.4, 0.5) is 0 Å². The molecule has 2 aromatic rings. The summed E-state index contributed by atoms with van der Waals surface area (Å²) in [6, 6.07) is 3.89. The van der Waals surface area contributed by atoms with E-state index in [1.165, 1.54) is 12.8 Å². The number of hydrogen-bond donors (Lipinski definition) is 2. The maximum absolute atomic E-state index is 6.44. The molecule has 1 aliphatic carbocycles. The van der Waals surface area contributed by atoms with Gasteiger partial charge in [-0.3, -0.25) is 0 Å². The Bertz CT molecular complexity index is 586. The Morgan fingerprint density at radius 2 is 1.79 bits per heavy atom. The molecular formula is C14H17N3O2. The molecule has 1 aromatic carbocycles. The highest BCUT2D eigenvalue weighted by Gasteiger charge is 2.34. The first-order valence-electron chi connectivity index (χ1n) is 6.83. The van der Waals surface area contributed by atoms with Gasteiger partial charge in [-0.1, -0.05) is 12.8 Å². The number of hydrogen-bond acceptors (Lipinski definition) is 4. The first-order chi connectivity index (χ1) is 9.24. The second-order valence-corrected chi connectivity index (χ2v) is 5.46. The van der Waals surface area contributed by atoms with Gasteiger partial charge in [0.15, 0.2) is 11.5 Å². The Labute approximate surface area is 111 Å². The van der Waals surface area contributed by atoms with E-state index in [0.717, 1.165) is 41.2 Å². The average molecular weight is 259 g/mol. The Hall–Kier alpha value is -1.75. The fraction of sp³-hybridized carbons (Fsp3) is 0.500. The van der Waals surface area contributed by atoms with Gasteiger partial charge < -0.3 is 20.2 Å². The first-order valence-corrected chi connectivity index (χ1v) is 6.83. The number of H-pyrrole nitrogens is 1. The van der Waals surface area contributed by atoms with Crippen LogP contribution in [0.5, 0.6) is 11.5 Å². The van der Waals surface area contributed by atoms with Crippen LogP contribution in [0.15, 0.2) is 12.1 Å². The smallest absolute Gasteiger partial charge is 0.163 e. The molecule has 1 aromatic heterocycles. The SMILES string of the molecule is NC1(c2nc3cc4c(cc3[nH]2)OCCO4)CCCC1. The zero-order chi connectivity index (χ0) is 12.9. The number of fused-ring (bicyclic) bond motifs is 2. The Morgan fingerprint density at radius 3 is 2.53 bits per heavy atom. The summed E-state index contributed by atoms with van der Waals surface area (Å²) in [5, 5.41) is 0. The Morgan fingerprint density at radius 1 is 1.11 bits per heavy atom. The van der Waals surface area contributed by atoms with Gasteiger partial charge >= 0.3 is 0 Å². The highest BCUT2D eigenvalue weighted by molar-refractivity contribution is 5.80. The zero-order valence-electron chi connectivity index (χ0n) is 10.7. The highest BCUT2D eigenvalue weighted by atomic mass is 16.6. The normalized spacial score (nSPS) is 20.9. The molecule has 4 rings (SSSR count). The lowest BCUT2D eigenvalue weighted by atomic mass is 9.99. The lowest BCUT2D eigenvalue weighted by Gasteiger charge is -2.19. The van der Waals surface area contributed by atoms with Crippen molar-refractivity contribution >= 4 is 11.0 Å². The van der Waals surface area contributed by atoms with Gasteiger partial charge in [0.05, 0.1) is 16.6 Å². The van der Waals surface area contributed by atoms with E-state index in [1.54, 1.807) is 0 Å². The number of aromatic nitrogens is 2. The van der Waals surface area contributed by atoms with Crippen molar-refractivity contribution in [2.45, 2.75) is 31.2 Å². The van der Waals surface area contributed by atoms with E-state index in [1.807, 2.05) is 12.1 Å². The topological polar surface area (TPSA) is 73.2 Å². The fourth-order valence-corrected chi connectivity index (χ4v) is 3.03. The van der Waals surface area contributed by atoms with E-state index in [9.17, 15) is 0 Å². The summed E-state index contributed by atoms with van der Waals surface area (Å²) in [6.07, 6.45) is 4.35. The van der Waals surface area contributed by atoms with Gasteiger partial charge in [-0.05, 0) is 12.8 Å². The fourth-order valence-electron chi connectivity index (χ4n) is 3.03. The van der Waals surface area contributed by atoms with Crippen molar-refractivity contribution < 1.29 is 9.47 Å². The molecule has 100 valence electrons. The first kappa shape index (κ1) is 11.1. The molecule has 0 radical (unpaired) electrons. The number of nitrogens with zero attached hydrogens (tertiary/aromatic N) is 1. The summed E-state index contributed by atoms with van der Waals surface area (Å²) in [7, 11) is 0. The third-order valence-electron chi connectivity index (χ3n) is 4.11. The largest absolute Gasteiger partial charge is 0.486 e. The van der Waals surface area contributed by atoms with E-state index in [4.69, 9.17) is 15.2 Å². The zero-order valence-corrected chi connectivity index (χ0v) is 10.7. The summed E-state index contributed by atoms with van der Waals surface area (Å²) in [6.45, 7) is 1.19. The second-order valence-electron chi connectivity index (χ2n) is 5.46. The van der Waals surface area contributed by atoms with E-state index >= 15 is 0 Å². The van der Waals surface area contributed by atoms with Crippen molar-refractivity contribution in [3.63, 3.8) is 0 Å². The number of nitrogens with one attached hydrogen (secondary N) is 1. The summed E-state index contributed by atoms with van der Waals surface area (Å²) < 4.78 is 11.2. The number of ether oxygens (including phenoxy) is 2. The van der Waals surface area contributed by atoms with E-state index in [-0.39, 0.29) is 5.54 Å². The molecule has 19 heavy (non-hydrogen) atoms. The number of nitrogens with two attached hydrogens (primary N) is 1. The van der Waals surface area contributed by atoms with E-state index in [0.29, 0.717) is 13.2 Å². The molecule has 0 atom stereocenters. The summed E-state index contributed by atoms with van der Waals surface area (Å²) >= 11 is 0. The van der Waals surface area contributed by atoms with Crippen LogP contribution in [0.1, 0.15) is 31.5 Å². The van der Waals surface area contributed by atoms with Gasteiger partial charge in [0.25, 0.3) is 0 Å². The molecule has 0 unspecified atom stereocenters. The number of aromatic amines is 1. The molecule has 0 saturated heterocycles. The lowest BCUT2D eigenvalue weighted by Crippen LogP contribution is -2.34. The van der Waals surface area contributed by atoms with Gasteiger partial charge in [-0.15, -0.1) is 0 Å². The third-order valence-corrected chi connectivity index (χ3v) is 4.11. The predicted molar refractivity (Wildman–Crippen MR) is 71.4 cm³/mol. The molecule has 5 heteroatoms. The van der Waals surface area contributed by atoms with Crippen LogP contribution < -0.4 is 15.2 Å². The molecule has 1 fully saturated rings. The molecule has 5 nitrogen and oxygen atoms in total. The van der Waals surface area contributed by atoms with Crippen molar-refractivity contribution in [3.05, 3.63) is 18.0 Å². The minimum atomic E-state index is -0.290. The van der Waals surface area contributed by atoms with Crippen LogP contribution in [-0.4, -0.2) is 23.2 Å². The molecule has 0 bridgehead atoms. The molecule has 0 amide bonds. The number of benzene rings is 1. The Balaban J connectivity index is 1.82. The predicted octanol–water partition coefficient (Wildman–Crippen LogP) is 2.06. The quantitative estimate of drug-likeness (QED) is 0.822. The molecule has 1 saturated carbocycles. The van der Waals surface area contributed by atoms with Gasteiger partial charge in [0.2, 0.25) is 0 Å². The minimum Gasteiger partial charge on any atom is -0.486 e. The van der Waals surface area contributed by atoms with Crippen LogP contribution in [0.2, 0.25) is 0 Å². The molecule has 2 heterocycles. The molecule has 1 aliphatic heterocycles. The van der Waals surface area contributed by atoms with Crippen molar-refractivity contribution in [3.8, 4) is 11.5 Å². The summed E-state index contributed by atoms with van der Waals surface area (Å²) in [5.74, 6) is 2.45. The van der Waals surface area contributed by atoms with Crippen LogP contribution in [0, 0.1) is 0 Å². The summed E-state index contributed by atoms with van der Waals surface area (Å²) in [5.41, 5.74) is 8.02. The summed E-state index contributed by atoms with van der Waals surface area (Å²) in [4.78, 5) is 8.01. The van der Waals surface area contributed by atoms with Crippen LogP contribution in [0.25, 0.3) is 11.0 Å². The minimum absolute atomic E-state index is 0.290. The molecule has 0 spiro atoms. The molecule has 2 aliphatic rings. The van der Waals surface area contributed by atoms with Crippen LogP contribution in [0.3, 0.4) is 0 Å². The average Bonchev–Trinajstić information content (AvgIpc) is 3.03. The Kier molecular flexibility index (Phi) is 2.26. The van der Waals surface area contributed by atoms with Gasteiger partial charge in [-0.2, -0.15) is 0 Å². The third kappa shape index (κ3) is 1.69. The number of imidazole rings is 1. The maximum Gasteiger partial charge on any atom is 0.163 e. The van der Waals surface area contributed by atoms with Gasteiger partial charge in [0, 0.05) is 12.1 Å². The standard InChI is InChI=1S/C14H17N3O2/c15-14(3-1-2-4-14)13-16-9-7-11-12(8-10(9)17-13)19-6-5-18-11/h7-8H,1-6,15H2,(H,16,17). The van der Waals surface area contributed by atoms with Crippen LogP contribution in [-0.2, 0) is 5.54 Å². The van der Waals surface area contributed by atoms with Crippen LogP contribution >= 0.6 is 0 Å². The van der Waals surface area contributed by atoms with Crippen molar-refractivity contribution in [2.75, 3.05) is 13.2 Å². The van der Waals surface area contributed by atoms with Gasteiger partial charge in [0.1, 0.15) is 19.0 Å². The van der Waals surface area contributed by atoms with Crippen molar-refractivity contribution in [2.24, 2.45) is 5.73 Å². The molecule has 3 N–H and O–H groups in total. The van der Waals surface area contributed by atoms with Crippen molar-refractivity contribution in [1.82, 2.24) is 9.97 Å². The van der Waals surface area contributed by atoms with E-state index < -0.39 is 0 Å².